The zero-order chi connectivity index (χ0) is 14.0. The van der Waals surface area contributed by atoms with Crippen molar-refractivity contribution in [2.75, 3.05) is 30.0 Å². The van der Waals surface area contributed by atoms with Gasteiger partial charge in [-0.1, -0.05) is 12.1 Å². The van der Waals surface area contributed by atoms with Gasteiger partial charge in [-0.25, -0.2) is 12.8 Å². The van der Waals surface area contributed by atoms with Crippen LogP contribution < -0.4 is 10.6 Å². The minimum atomic E-state index is -2.98. The fourth-order valence-corrected chi connectivity index (χ4v) is 4.35. The zero-order valence-corrected chi connectivity index (χ0v) is 11.8. The Bertz CT molecular complexity index is 560. The van der Waals surface area contributed by atoms with Gasteiger partial charge in [-0.3, -0.25) is 0 Å². The summed E-state index contributed by atoms with van der Waals surface area (Å²) in [4.78, 5) is 1.75. The van der Waals surface area contributed by atoms with E-state index in [0.29, 0.717) is 25.1 Å². The van der Waals surface area contributed by atoms with E-state index in [4.69, 9.17) is 5.73 Å². The summed E-state index contributed by atoms with van der Waals surface area (Å²) in [7, 11) is -1.22. The Morgan fingerprint density at radius 1 is 1.47 bits per heavy atom. The molecule has 1 aliphatic rings. The van der Waals surface area contributed by atoms with Gasteiger partial charge < -0.3 is 10.6 Å². The fourth-order valence-electron chi connectivity index (χ4n) is 2.58. The molecule has 106 valence electrons. The molecular weight excluding hydrogens is 267 g/mol. The summed E-state index contributed by atoms with van der Waals surface area (Å²) in [5, 5.41) is 0. The van der Waals surface area contributed by atoms with Gasteiger partial charge >= 0.3 is 0 Å². The fraction of sp³-hybridized carbons (Fsp3) is 0.538. The lowest BCUT2D eigenvalue weighted by Gasteiger charge is -2.28. The van der Waals surface area contributed by atoms with E-state index >= 15 is 0 Å². The second-order valence-electron chi connectivity index (χ2n) is 4.95. The van der Waals surface area contributed by atoms with Crippen LogP contribution in [0.15, 0.2) is 18.2 Å². The Hall–Kier alpha value is -1.14. The van der Waals surface area contributed by atoms with E-state index in [1.165, 1.54) is 6.07 Å². The maximum Gasteiger partial charge on any atom is 0.152 e. The van der Waals surface area contributed by atoms with Gasteiger partial charge in [0.05, 0.1) is 17.2 Å². The highest BCUT2D eigenvalue weighted by atomic mass is 32.2. The molecule has 0 radical (unpaired) electrons. The van der Waals surface area contributed by atoms with Gasteiger partial charge in [-0.05, 0) is 31.0 Å². The van der Waals surface area contributed by atoms with Crippen molar-refractivity contribution in [3.05, 3.63) is 29.6 Å². The number of rotatable bonds is 4. The first kappa shape index (κ1) is 14.3. The van der Waals surface area contributed by atoms with Gasteiger partial charge in [0.25, 0.3) is 0 Å². The molecule has 0 bridgehead atoms. The molecule has 2 N–H and O–H groups in total. The summed E-state index contributed by atoms with van der Waals surface area (Å²) in [6.45, 7) is 0.438. The number of halogens is 1. The molecule has 1 saturated heterocycles. The second kappa shape index (κ2) is 5.46. The minimum Gasteiger partial charge on any atom is -0.368 e. The highest BCUT2D eigenvalue weighted by Gasteiger charge is 2.32. The molecule has 0 aromatic heterocycles. The first-order valence-corrected chi connectivity index (χ1v) is 8.17. The van der Waals surface area contributed by atoms with Crippen LogP contribution in [0.1, 0.15) is 12.0 Å². The number of hydrogen-bond donors (Lipinski definition) is 1. The first-order chi connectivity index (χ1) is 8.94. The van der Waals surface area contributed by atoms with E-state index in [9.17, 15) is 12.8 Å². The molecule has 1 aliphatic heterocycles. The lowest BCUT2D eigenvalue weighted by Crippen LogP contribution is -2.34. The summed E-state index contributed by atoms with van der Waals surface area (Å²) < 4.78 is 37.1. The summed E-state index contributed by atoms with van der Waals surface area (Å²) in [5.74, 6) is -0.0412. The van der Waals surface area contributed by atoms with Crippen molar-refractivity contribution >= 4 is 15.5 Å². The maximum atomic E-state index is 14.0. The smallest absolute Gasteiger partial charge is 0.152 e. The van der Waals surface area contributed by atoms with Crippen molar-refractivity contribution in [1.29, 1.82) is 0 Å². The molecule has 1 aromatic carbocycles. The Morgan fingerprint density at radius 3 is 2.79 bits per heavy atom. The second-order valence-corrected chi connectivity index (χ2v) is 7.18. The Labute approximate surface area is 113 Å². The van der Waals surface area contributed by atoms with E-state index in [-0.39, 0.29) is 23.4 Å². The third-order valence-electron chi connectivity index (χ3n) is 3.59. The maximum absolute atomic E-state index is 14.0. The van der Waals surface area contributed by atoms with Crippen molar-refractivity contribution in [1.82, 2.24) is 0 Å². The van der Waals surface area contributed by atoms with Gasteiger partial charge in [-0.2, -0.15) is 0 Å². The number of sulfone groups is 1. The van der Waals surface area contributed by atoms with Crippen molar-refractivity contribution < 1.29 is 12.8 Å². The summed E-state index contributed by atoms with van der Waals surface area (Å²) in [6.07, 6.45) is 1.13. The number of para-hydroxylation sites is 1. The summed E-state index contributed by atoms with van der Waals surface area (Å²) in [5.41, 5.74) is 6.85. The Kier molecular flexibility index (Phi) is 4.10. The first-order valence-electron chi connectivity index (χ1n) is 6.35. The van der Waals surface area contributed by atoms with E-state index in [2.05, 4.69) is 0 Å². The molecular formula is C13H19FN2O2S. The van der Waals surface area contributed by atoms with Gasteiger partial charge in [0, 0.05) is 13.1 Å². The van der Waals surface area contributed by atoms with Crippen molar-refractivity contribution in [2.24, 2.45) is 5.73 Å². The van der Waals surface area contributed by atoms with Gasteiger partial charge in [0.1, 0.15) is 5.82 Å². The molecule has 6 heteroatoms. The zero-order valence-electron chi connectivity index (χ0n) is 11.0. The van der Waals surface area contributed by atoms with E-state index in [1.54, 1.807) is 18.0 Å². The van der Waals surface area contributed by atoms with Crippen molar-refractivity contribution in [2.45, 2.75) is 18.9 Å². The number of nitrogens with two attached hydrogens (primary N) is 1. The molecule has 0 spiro atoms. The molecule has 0 amide bonds. The molecule has 0 aliphatic carbocycles. The highest BCUT2D eigenvalue weighted by molar-refractivity contribution is 7.91. The van der Waals surface area contributed by atoms with Crippen LogP contribution in [0.25, 0.3) is 0 Å². The summed E-state index contributed by atoms with van der Waals surface area (Å²) >= 11 is 0. The van der Waals surface area contributed by atoms with Crippen molar-refractivity contribution in [3.63, 3.8) is 0 Å². The lowest BCUT2D eigenvalue weighted by atomic mass is 10.1. The average Bonchev–Trinajstić information content (AvgIpc) is 2.70. The van der Waals surface area contributed by atoms with Crippen LogP contribution >= 0.6 is 0 Å². The number of anilines is 1. The van der Waals surface area contributed by atoms with E-state index < -0.39 is 9.84 Å². The molecule has 4 nitrogen and oxygen atoms in total. The van der Waals surface area contributed by atoms with E-state index in [0.717, 1.165) is 5.56 Å². The van der Waals surface area contributed by atoms with Crippen LogP contribution in [-0.4, -0.2) is 39.6 Å². The monoisotopic (exact) mass is 286 g/mol. The van der Waals surface area contributed by atoms with Crippen LogP contribution in [0.5, 0.6) is 0 Å². The molecule has 1 unspecified atom stereocenters. The third kappa shape index (κ3) is 3.06. The topological polar surface area (TPSA) is 63.4 Å². The normalized spacial score (nSPS) is 21.5. The lowest BCUT2D eigenvalue weighted by molar-refractivity contribution is 0.595. The van der Waals surface area contributed by atoms with Gasteiger partial charge in [-0.15, -0.1) is 0 Å². The van der Waals surface area contributed by atoms with Crippen LogP contribution in [0, 0.1) is 5.82 Å². The standard InChI is InChI=1S/C13H19FN2O2S/c1-16(11-6-8-19(17,18)9-11)13-10(5-7-15)3-2-4-12(13)14/h2-4,11H,5-9,15H2,1H3. The SMILES string of the molecule is CN(c1c(F)cccc1CCN)C1CCS(=O)(=O)C1. The van der Waals surface area contributed by atoms with Gasteiger partial charge in [0.2, 0.25) is 0 Å². The van der Waals surface area contributed by atoms with Crippen molar-refractivity contribution in [3.8, 4) is 0 Å². The van der Waals surface area contributed by atoms with Crippen LogP contribution in [0.3, 0.4) is 0 Å². The predicted molar refractivity (Wildman–Crippen MR) is 74.6 cm³/mol. The predicted octanol–water partition coefficient (Wildman–Crippen LogP) is 0.950. The minimum absolute atomic E-state index is 0.0971. The molecule has 1 heterocycles. The molecule has 1 fully saturated rings. The highest BCUT2D eigenvalue weighted by Crippen LogP contribution is 2.29. The largest absolute Gasteiger partial charge is 0.368 e. The van der Waals surface area contributed by atoms with E-state index in [1.807, 2.05) is 6.07 Å². The molecule has 19 heavy (non-hydrogen) atoms. The number of benzene rings is 1. The molecule has 2 rings (SSSR count). The Morgan fingerprint density at radius 2 is 2.21 bits per heavy atom. The molecule has 1 aromatic rings. The number of nitrogens with zero attached hydrogens (tertiary/aromatic N) is 1. The molecule has 1 atom stereocenters. The molecule has 0 saturated carbocycles. The third-order valence-corrected chi connectivity index (χ3v) is 5.34. The van der Waals surface area contributed by atoms with Gasteiger partial charge in [0.15, 0.2) is 9.84 Å². The summed E-state index contributed by atoms with van der Waals surface area (Å²) in [6, 6.07) is 4.74. The average molecular weight is 286 g/mol. The van der Waals surface area contributed by atoms with Crippen LogP contribution in [-0.2, 0) is 16.3 Å². The quantitative estimate of drug-likeness (QED) is 0.895. The van der Waals surface area contributed by atoms with Crippen LogP contribution in [0.2, 0.25) is 0 Å². The number of hydrogen-bond acceptors (Lipinski definition) is 4. The van der Waals surface area contributed by atoms with Crippen LogP contribution in [0.4, 0.5) is 10.1 Å². The Balaban J connectivity index is 2.31.